The van der Waals surface area contributed by atoms with Crippen LogP contribution in [0.3, 0.4) is 0 Å². The second-order valence-corrected chi connectivity index (χ2v) is 13.0. The van der Waals surface area contributed by atoms with E-state index in [9.17, 15) is 23.7 Å². The fraction of sp³-hybridized carbons (Fsp3) is 0.531. The molecule has 0 saturated heterocycles. The maximum atomic E-state index is 13.9. The van der Waals surface area contributed by atoms with Gasteiger partial charge in [-0.3, -0.25) is 18.6 Å². The number of hydrogen-bond acceptors (Lipinski definition) is 6. The maximum absolute atomic E-state index is 13.9. The summed E-state index contributed by atoms with van der Waals surface area (Å²) in [5.41, 5.74) is 3.43. The Bertz CT molecular complexity index is 1360. The first kappa shape index (κ1) is 27.7. The highest BCUT2D eigenvalue weighted by Gasteiger charge is 2.65. The molecule has 2 saturated carbocycles. The number of aliphatic hydroxyl groups is 1. The van der Waals surface area contributed by atoms with Crippen molar-refractivity contribution >= 4 is 28.3 Å². The molecule has 0 amide bonds. The van der Waals surface area contributed by atoms with Crippen LogP contribution in [0, 0.1) is 34.5 Å². The van der Waals surface area contributed by atoms with E-state index in [1.165, 1.54) is 18.1 Å². The van der Waals surface area contributed by atoms with E-state index in [0.717, 1.165) is 41.7 Å². The van der Waals surface area contributed by atoms with Gasteiger partial charge in [0.25, 0.3) is 0 Å². The number of benzene rings is 1. The number of ketones is 2. The summed E-state index contributed by atoms with van der Waals surface area (Å²) in [7, 11) is -1.09. The lowest BCUT2D eigenvalue weighted by Gasteiger charge is -2.54. The number of hydrogen-bond donors (Lipinski definition) is 1. The molecule has 4 aliphatic rings. The van der Waals surface area contributed by atoms with E-state index in [-0.39, 0.29) is 42.5 Å². The molecular weight excluding hydrogens is 512 g/mol. The summed E-state index contributed by atoms with van der Waals surface area (Å²) in [5, 5.41) is 9.62. The molecule has 2 fully saturated rings. The Morgan fingerprint density at radius 2 is 1.90 bits per heavy atom. The van der Waals surface area contributed by atoms with Gasteiger partial charge in [0, 0.05) is 41.2 Å². The highest BCUT2D eigenvalue weighted by Crippen LogP contribution is 2.69. The zero-order valence-corrected chi connectivity index (χ0v) is 23.7. The Morgan fingerprint density at radius 3 is 2.56 bits per heavy atom. The molecule has 1 aromatic carbocycles. The number of aliphatic hydroxyl groups excluding tert-OH is 1. The van der Waals surface area contributed by atoms with Gasteiger partial charge < -0.3 is 9.84 Å². The largest absolute Gasteiger partial charge is 0.458 e. The summed E-state index contributed by atoms with van der Waals surface area (Å²) in [6, 6.07) is 7.95. The van der Waals surface area contributed by atoms with Crippen molar-refractivity contribution in [2.45, 2.75) is 69.6 Å². The minimum atomic E-state index is -1.09. The van der Waals surface area contributed by atoms with Crippen molar-refractivity contribution in [2.24, 2.45) is 22.7 Å². The van der Waals surface area contributed by atoms with E-state index in [4.69, 9.17) is 4.74 Å². The molecule has 0 aromatic heterocycles. The number of Topliss-reactive ketones (excluding diaryl/α,β-unsaturated/α-hetero) is 1. The molecule has 206 valence electrons. The van der Waals surface area contributed by atoms with Crippen molar-refractivity contribution in [3.05, 3.63) is 52.6 Å². The van der Waals surface area contributed by atoms with Crippen molar-refractivity contribution in [1.29, 1.82) is 0 Å². The van der Waals surface area contributed by atoms with Gasteiger partial charge in [-0.1, -0.05) is 36.5 Å². The first-order chi connectivity index (χ1) is 18.6. The molecule has 0 radical (unpaired) electrons. The fourth-order valence-corrected chi connectivity index (χ4v) is 8.61. The molecule has 1 unspecified atom stereocenters. The summed E-state index contributed by atoms with van der Waals surface area (Å²) in [6.07, 6.45) is 8.58. The average molecular weight is 549 g/mol. The smallest absolute Gasteiger partial charge is 0.303 e. The van der Waals surface area contributed by atoms with Gasteiger partial charge in [-0.05, 0) is 90.7 Å². The van der Waals surface area contributed by atoms with Crippen molar-refractivity contribution in [1.82, 2.24) is 0 Å². The van der Waals surface area contributed by atoms with Gasteiger partial charge in [0.2, 0.25) is 0 Å². The first-order valence-electron chi connectivity index (χ1n) is 13.8. The normalized spacial score (nSPS) is 32.2. The Balaban J connectivity index is 1.67. The molecule has 0 aliphatic heterocycles. The Labute approximate surface area is 232 Å². The Kier molecular flexibility index (Phi) is 7.56. The highest BCUT2D eigenvalue weighted by atomic mass is 32.2. The zero-order chi connectivity index (χ0) is 27.9. The van der Waals surface area contributed by atoms with Crippen molar-refractivity contribution < 1.29 is 28.4 Å². The van der Waals surface area contributed by atoms with Crippen LogP contribution in [-0.4, -0.2) is 46.3 Å². The molecule has 1 N–H and O–H groups in total. The van der Waals surface area contributed by atoms with Crippen molar-refractivity contribution in [3.8, 4) is 11.8 Å². The lowest BCUT2D eigenvalue weighted by molar-refractivity contribution is -0.150. The molecular formula is C32H36O6S. The van der Waals surface area contributed by atoms with E-state index >= 15 is 0 Å². The molecule has 1 aromatic rings. The van der Waals surface area contributed by atoms with Gasteiger partial charge in [0.15, 0.2) is 18.2 Å². The number of esters is 1. The summed E-state index contributed by atoms with van der Waals surface area (Å²) in [6.45, 7) is 2.79. The number of carbonyl (C=O) groups excluding carboxylic acids is 3. The minimum absolute atomic E-state index is 0.0115. The summed E-state index contributed by atoms with van der Waals surface area (Å²) < 4.78 is 17.3. The van der Waals surface area contributed by atoms with Gasteiger partial charge in [-0.15, -0.1) is 0 Å². The second kappa shape index (κ2) is 10.6. The highest BCUT2D eigenvalue weighted by molar-refractivity contribution is 7.84. The third-order valence-corrected chi connectivity index (χ3v) is 10.7. The predicted molar refractivity (Wildman–Crippen MR) is 148 cm³/mol. The quantitative estimate of drug-likeness (QED) is 0.432. The molecule has 7 heteroatoms. The van der Waals surface area contributed by atoms with Crippen LogP contribution in [0.2, 0.25) is 0 Å². The molecule has 0 heterocycles. The van der Waals surface area contributed by atoms with Crippen LogP contribution in [0.4, 0.5) is 0 Å². The molecule has 0 spiro atoms. The fourth-order valence-electron chi connectivity index (χ4n) is 8.09. The standard InChI is InChI=1S/C32H36O6S/c1-20(34)38-19-29(36)32(14-4-16-33)15-13-28-26-11-7-22-17-23(35)8-12-25(22)30(26)27(18-31(28,32)2)21-5-9-24(10-6-21)39(3)37/h5-6,9-10,17,26-28,33H,7-8,11-13,15-16,18-19H2,1-3H3/t26-,27+,28-,31-,32+,39?/m0/s1. The first-order valence-corrected chi connectivity index (χ1v) is 15.3. The van der Waals surface area contributed by atoms with Crippen LogP contribution in [-0.2, 0) is 29.9 Å². The minimum Gasteiger partial charge on any atom is -0.458 e. The van der Waals surface area contributed by atoms with Crippen molar-refractivity contribution in [3.63, 3.8) is 0 Å². The third-order valence-electron chi connectivity index (χ3n) is 9.81. The number of carbonyl (C=O) groups is 3. The average Bonchev–Trinajstić information content (AvgIpc) is 3.22. The van der Waals surface area contributed by atoms with Crippen LogP contribution in [0.25, 0.3) is 0 Å². The van der Waals surface area contributed by atoms with Gasteiger partial charge >= 0.3 is 5.97 Å². The monoisotopic (exact) mass is 548 g/mol. The van der Waals surface area contributed by atoms with E-state index in [2.05, 4.69) is 30.9 Å². The lowest BCUT2D eigenvalue weighted by atomic mass is 9.48. The van der Waals surface area contributed by atoms with Crippen LogP contribution in [0.1, 0.15) is 70.3 Å². The maximum Gasteiger partial charge on any atom is 0.303 e. The van der Waals surface area contributed by atoms with Gasteiger partial charge in [-0.2, -0.15) is 0 Å². The summed E-state index contributed by atoms with van der Waals surface area (Å²) >= 11 is 0. The predicted octanol–water partition coefficient (Wildman–Crippen LogP) is 4.44. The summed E-state index contributed by atoms with van der Waals surface area (Å²) in [5.74, 6) is 5.96. The molecule has 6 nitrogen and oxygen atoms in total. The zero-order valence-electron chi connectivity index (χ0n) is 22.9. The number of rotatable bonds is 5. The van der Waals surface area contributed by atoms with E-state index in [0.29, 0.717) is 19.3 Å². The number of ether oxygens (including phenoxy) is 1. The van der Waals surface area contributed by atoms with E-state index in [1.54, 1.807) is 6.26 Å². The third kappa shape index (κ3) is 4.66. The molecule has 0 bridgehead atoms. The number of allylic oxidation sites excluding steroid dienone is 4. The molecule has 5 rings (SSSR count). The van der Waals surface area contributed by atoms with Crippen LogP contribution >= 0.6 is 0 Å². The van der Waals surface area contributed by atoms with Gasteiger partial charge in [0.1, 0.15) is 6.61 Å². The molecule has 6 atom stereocenters. The van der Waals surface area contributed by atoms with Gasteiger partial charge in [-0.25, -0.2) is 0 Å². The second-order valence-electron chi connectivity index (χ2n) is 11.6. The summed E-state index contributed by atoms with van der Waals surface area (Å²) in [4.78, 5) is 38.5. The van der Waals surface area contributed by atoms with Gasteiger partial charge in [0.05, 0.1) is 5.41 Å². The number of fused-ring (bicyclic) bond motifs is 4. The van der Waals surface area contributed by atoms with Crippen LogP contribution in [0.15, 0.2) is 52.0 Å². The van der Waals surface area contributed by atoms with Crippen LogP contribution in [0.5, 0.6) is 0 Å². The molecule has 39 heavy (non-hydrogen) atoms. The topological polar surface area (TPSA) is 97.7 Å². The SMILES string of the molecule is CC(=O)OCC(=O)[C@@]1(C#CCO)CC[C@H]2[C@@H]3CCC4=CC(=O)CCC4=C3[C@@H](c3ccc(S(C)=O)cc3)C[C@@]21C. The van der Waals surface area contributed by atoms with E-state index in [1.807, 2.05) is 18.2 Å². The lowest BCUT2D eigenvalue weighted by Crippen LogP contribution is -2.51. The Hall–Kier alpha value is -2.82. The van der Waals surface area contributed by atoms with E-state index < -0.39 is 27.6 Å². The Morgan fingerprint density at radius 1 is 1.15 bits per heavy atom. The van der Waals surface area contributed by atoms with Crippen molar-refractivity contribution in [2.75, 3.05) is 19.5 Å². The van der Waals surface area contributed by atoms with Crippen LogP contribution < -0.4 is 0 Å². The molecule has 4 aliphatic carbocycles.